The van der Waals surface area contributed by atoms with Crippen molar-refractivity contribution in [2.24, 2.45) is 0 Å². The Bertz CT molecular complexity index is 555. The molecular formula is C15H17NO3. The molecule has 0 amide bonds. The second kappa shape index (κ2) is 6.11. The molecule has 0 aliphatic heterocycles. The number of aliphatic hydroxyl groups excluding tert-OH is 1. The lowest BCUT2D eigenvalue weighted by atomic mass is 10.2. The fraction of sp³-hybridized carbons (Fsp3) is 0.200. The molecule has 0 bridgehead atoms. The lowest BCUT2D eigenvalue weighted by Crippen LogP contribution is -2.00. The largest absolute Gasteiger partial charge is 0.495 e. The molecule has 0 fully saturated rings. The first kappa shape index (κ1) is 13.2. The summed E-state index contributed by atoms with van der Waals surface area (Å²) >= 11 is 0. The van der Waals surface area contributed by atoms with Crippen molar-refractivity contribution < 1.29 is 14.6 Å². The third-order valence-electron chi connectivity index (χ3n) is 2.83. The number of nitrogen functional groups attached to an aromatic ring is 1. The van der Waals surface area contributed by atoms with Crippen molar-refractivity contribution in [3.05, 3.63) is 53.6 Å². The molecule has 0 saturated heterocycles. The summed E-state index contributed by atoms with van der Waals surface area (Å²) in [6.07, 6.45) is 0. The summed E-state index contributed by atoms with van der Waals surface area (Å²) in [4.78, 5) is 0. The maximum Gasteiger partial charge on any atom is 0.141 e. The van der Waals surface area contributed by atoms with E-state index in [1.807, 2.05) is 42.5 Å². The Morgan fingerprint density at radius 1 is 1.11 bits per heavy atom. The number of anilines is 1. The molecule has 2 aromatic rings. The van der Waals surface area contributed by atoms with E-state index in [9.17, 15) is 5.11 Å². The topological polar surface area (TPSA) is 64.7 Å². The van der Waals surface area contributed by atoms with Gasteiger partial charge in [0.25, 0.3) is 0 Å². The predicted molar refractivity (Wildman–Crippen MR) is 74.1 cm³/mol. The zero-order valence-electron chi connectivity index (χ0n) is 10.8. The molecular weight excluding hydrogens is 242 g/mol. The van der Waals surface area contributed by atoms with Gasteiger partial charge >= 0.3 is 0 Å². The summed E-state index contributed by atoms with van der Waals surface area (Å²) in [5.74, 6) is 1.33. The Hall–Kier alpha value is -2.20. The van der Waals surface area contributed by atoms with E-state index < -0.39 is 0 Å². The van der Waals surface area contributed by atoms with Gasteiger partial charge in [0.2, 0.25) is 0 Å². The van der Waals surface area contributed by atoms with Crippen molar-refractivity contribution in [1.29, 1.82) is 0 Å². The molecule has 0 spiro atoms. The van der Waals surface area contributed by atoms with Gasteiger partial charge in [0, 0.05) is 5.56 Å². The van der Waals surface area contributed by atoms with Gasteiger partial charge in [-0.05, 0) is 23.8 Å². The quantitative estimate of drug-likeness (QED) is 0.809. The van der Waals surface area contributed by atoms with Crippen LogP contribution in [0.15, 0.2) is 42.5 Å². The Morgan fingerprint density at radius 2 is 1.89 bits per heavy atom. The van der Waals surface area contributed by atoms with E-state index in [0.29, 0.717) is 23.8 Å². The van der Waals surface area contributed by atoms with Gasteiger partial charge in [0.05, 0.1) is 19.4 Å². The highest BCUT2D eigenvalue weighted by Crippen LogP contribution is 2.24. The van der Waals surface area contributed by atoms with E-state index in [2.05, 4.69) is 0 Å². The summed E-state index contributed by atoms with van der Waals surface area (Å²) in [5.41, 5.74) is 8.14. The van der Waals surface area contributed by atoms with E-state index in [-0.39, 0.29) is 6.61 Å². The van der Waals surface area contributed by atoms with E-state index >= 15 is 0 Å². The van der Waals surface area contributed by atoms with Gasteiger partial charge in [-0.3, -0.25) is 0 Å². The number of para-hydroxylation sites is 1. The number of aliphatic hydroxyl groups is 1. The molecule has 0 radical (unpaired) electrons. The van der Waals surface area contributed by atoms with E-state index in [1.165, 1.54) is 0 Å². The van der Waals surface area contributed by atoms with E-state index in [0.717, 1.165) is 11.1 Å². The molecule has 0 unspecified atom stereocenters. The van der Waals surface area contributed by atoms with Crippen LogP contribution in [0.25, 0.3) is 0 Å². The molecule has 0 saturated carbocycles. The van der Waals surface area contributed by atoms with E-state index in [1.54, 1.807) is 7.11 Å². The third kappa shape index (κ3) is 3.17. The molecule has 4 nitrogen and oxygen atoms in total. The summed E-state index contributed by atoms with van der Waals surface area (Å²) in [7, 11) is 1.58. The molecule has 3 N–H and O–H groups in total. The zero-order chi connectivity index (χ0) is 13.7. The monoisotopic (exact) mass is 259 g/mol. The van der Waals surface area contributed by atoms with Crippen LogP contribution in [0.3, 0.4) is 0 Å². The normalized spacial score (nSPS) is 10.2. The van der Waals surface area contributed by atoms with Crippen LogP contribution in [0, 0.1) is 0 Å². The molecule has 2 aromatic carbocycles. The van der Waals surface area contributed by atoms with Crippen LogP contribution < -0.4 is 15.2 Å². The molecule has 2 rings (SSSR count). The van der Waals surface area contributed by atoms with Gasteiger partial charge in [-0.1, -0.05) is 24.3 Å². The van der Waals surface area contributed by atoms with Gasteiger partial charge in [-0.15, -0.1) is 0 Å². The Morgan fingerprint density at radius 3 is 2.58 bits per heavy atom. The average molecular weight is 259 g/mol. The zero-order valence-corrected chi connectivity index (χ0v) is 10.8. The van der Waals surface area contributed by atoms with Crippen LogP contribution in [0.4, 0.5) is 5.69 Å². The van der Waals surface area contributed by atoms with E-state index in [4.69, 9.17) is 15.2 Å². The molecule has 19 heavy (non-hydrogen) atoms. The second-order valence-corrected chi connectivity index (χ2v) is 4.13. The minimum atomic E-state index is -0.0407. The van der Waals surface area contributed by atoms with Crippen LogP contribution in [0.2, 0.25) is 0 Å². The first-order valence-corrected chi connectivity index (χ1v) is 5.98. The van der Waals surface area contributed by atoms with Gasteiger partial charge in [-0.25, -0.2) is 0 Å². The molecule has 0 aromatic heterocycles. The minimum Gasteiger partial charge on any atom is -0.495 e. The van der Waals surface area contributed by atoms with Gasteiger partial charge < -0.3 is 20.3 Å². The molecule has 0 heterocycles. The first-order valence-electron chi connectivity index (χ1n) is 5.98. The SMILES string of the molecule is COc1ccc(COc2ccccc2CO)cc1N. The van der Waals surface area contributed by atoms with Crippen molar-refractivity contribution in [3.63, 3.8) is 0 Å². The number of hydrogen-bond donors (Lipinski definition) is 2. The van der Waals surface area contributed by atoms with Gasteiger partial charge in [-0.2, -0.15) is 0 Å². The maximum absolute atomic E-state index is 9.21. The van der Waals surface area contributed by atoms with Crippen LogP contribution in [0.1, 0.15) is 11.1 Å². The Labute approximate surface area is 112 Å². The van der Waals surface area contributed by atoms with Crippen molar-refractivity contribution >= 4 is 5.69 Å². The third-order valence-corrected chi connectivity index (χ3v) is 2.83. The minimum absolute atomic E-state index is 0.0407. The summed E-state index contributed by atoms with van der Waals surface area (Å²) < 4.78 is 10.8. The number of methoxy groups -OCH3 is 1. The number of nitrogens with two attached hydrogens (primary N) is 1. The van der Waals surface area contributed by atoms with Crippen LogP contribution in [-0.2, 0) is 13.2 Å². The molecule has 0 aliphatic rings. The Balaban J connectivity index is 2.08. The summed E-state index contributed by atoms with van der Waals surface area (Å²) in [6.45, 7) is 0.353. The summed E-state index contributed by atoms with van der Waals surface area (Å²) in [6, 6.07) is 12.9. The highest BCUT2D eigenvalue weighted by Gasteiger charge is 2.04. The standard InChI is InChI=1S/C15H17NO3/c1-18-15-7-6-11(8-13(15)16)10-19-14-5-3-2-4-12(14)9-17/h2-8,17H,9-10,16H2,1H3. The van der Waals surface area contributed by atoms with Crippen molar-refractivity contribution in [2.75, 3.05) is 12.8 Å². The average Bonchev–Trinajstić information content (AvgIpc) is 2.45. The smallest absolute Gasteiger partial charge is 0.141 e. The molecule has 0 atom stereocenters. The number of ether oxygens (including phenoxy) is 2. The fourth-order valence-electron chi connectivity index (χ4n) is 1.81. The number of rotatable bonds is 5. The van der Waals surface area contributed by atoms with Gasteiger partial charge in [0.1, 0.15) is 18.1 Å². The van der Waals surface area contributed by atoms with Gasteiger partial charge in [0.15, 0.2) is 0 Å². The highest BCUT2D eigenvalue weighted by molar-refractivity contribution is 5.54. The second-order valence-electron chi connectivity index (χ2n) is 4.13. The van der Waals surface area contributed by atoms with Crippen molar-refractivity contribution in [3.8, 4) is 11.5 Å². The fourth-order valence-corrected chi connectivity index (χ4v) is 1.81. The lowest BCUT2D eigenvalue weighted by molar-refractivity contribution is 0.259. The maximum atomic E-state index is 9.21. The lowest BCUT2D eigenvalue weighted by Gasteiger charge is -2.11. The van der Waals surface area contributed by atoms with Crippen molar-refractivity contribution in [2.45, 2.75) is 13.2 Å². The number of hydrogen-bond acceptors (Lipinski definition) is 4. The van der Waals surface area contributed by atoms with Crippen LogP contribution >= 0.6 is 0 Å². The number of benzene rings is 2. The molecule has 4 heteroatoms. The van der Waals surface area contributed by atoms with Crippen LogP contribution in [-0.4, -0.2) is 12.2 Å². The highest BCUT2D eigenvalue weighted by atomic mass is 16.5. The first-order chi connectivity index (χ1) is 9.24. The van der Waals surface area contributed by atoms with Crippen molar-refractivity contribution in [1.82, 2.24) is 0 Å². The Kier molecular flexibility index (Phi) is 4.26. The predicted octanol–water partition coefficient (Wildman–Crippen LogP) is 2.35. The molecule has 0 aliphatic carbocycles. The molecule has 100 valence electrons. The summed E-state index contributed by atoms with van der Waals surface area (Å²) in [5, 5.41) is 9.21. The van der Waals surface area contributed by atoms with Crippen LogP contribution in [0.5, 0.6) is 11.5 Å².